The summed E-state index contributed by atoms with van der Waals surface area (Å²) in [4.78, 5) is 24.9. The van der Waals surface area contributed by atoms with Gasteiger partial charge in [-0.25, -0.2) is 9.67 Å². The summed E-state index contributed by atoms with van der Waals surface area (Å²) in [5.41, 5.74) is 7.03. The molecule has 28 heavy (non-hydrogen) atoms. The van der Waals surface area contributed by atoms with Crippen LogP contribution in [0.15, 0.2) is 18.7 Å². The Bertz CT molecular complexity index is 1020. The normalized spacial score (nSPS) is 24.7. The average molecular weight is 390 g/mol. The lowest BCUT2D eigenvalue weighted by Gasteiger charge is -2.16. The minimum atomic E-state index is -1.30. The number of aliphatic hydroxyl groups excluding tert-OH is 3. The van der Waals surface area contributed by atoms with E-state index in [4.69, 9.17) is 10.5 Å². The highest BCUT2D eigenvalue weighted by atomic mass is 16.6. The van der Waals surface area contributed by atoms with Crippen molar-refractivity contribution in [2.24, 2.45) is 0 Å². The van der Waals surface area contributed by atoms with E-state index in [2.05, 4.69) is 20.1 Å². The Morgan fingerprint density at radius 1 is 1.36 bits per heavy atom. The maximum atomic E-state index is 10.9. The molecule has 3 aromatic heterocycles. The molecule has 0 bridgehead atoms. The van der Waals surface area contributed by atoms with Crippen LogP contribution in [0, 0.1) is 0 Å². The highest BCUT2D eigenvalue weighted by molar-refractivity contribution is 5.82. The third-order valence-electron chi connectivity index (χ3n) is 4.57. The van der Waals surface area contributed by atoms with Gasteiger partial charge >= 0.3 is 0 Å². The van der Waals surface area contributed by atoms with E-state index in [0.29, 0.717) is 12.1 Å². The molecule has 4 rings (SSSR count). The van der Waals surface area contributed by atoms with Crippen molar-refractivity contribution in [3.63, 3.8) is 0 Å². The minimum absolute atomic E-state index is 0.0753. The number of aliphatic hydroxyl groups is 3. The Kier molecular flexibility index (Phi) is 4.43. The van der Waals surface area contributed by atoms with E-state index in [1.165, 1.54) is 26.7 Å². The molecule has 1 aliphatic rings. The molecule has 13 heteroatoms. The third-order valence-corrected chi connectivity index (χ3v) is 4.57. The van der Waals surface area contributed by atoms with E-state index in [1.807, 2.05) is 0 Å². The lowest BCUT2D eigenvalue weighted by molar-refractivity contribution is -0.107. The molecule has 1 saturated heterocycles. The van der Waals surface area contributed by atoms with Gasteiger partial charge in [-0.3, -0.25) is 9.36 Å². The van der Waals surface area contributed by atoms with E-state index in [9.17, 15) is 20.1 Å². The largest absolute Gasteiger partial charge is 0.394 e. The number of rotatable bonds is 5. The molecule has 1 amide bonds. The van der Waals surface area contributed by atoms with Gasteiger partial charge in [0.1, 0.15) is 23.8 Å². The fourth-order valence-corrected chi connectivity index (χ4v) is 2.99. The number of fused-ring (bicyclic) bond motifs is 1. The van der Waals surface area contributed by atoms with Crippen molar-refractivity contribution in [2.75, 3.05) is 24.3 Å². The molecule has 2 unspecified atom stereocenters. The molecule has 4 heterocycles. The van der Waals surface area contributed by atoms with Crippen LogP contribution < -0.4 is 10.6 Å². The standard InChI is InChI=1S/C15H18N8O5/c1-21(6-25)7-2-18-23(3-7)15-19-12(16)9-13(20-15)22(5-17-9)14-11(27)10(26)8(4-24)28-14/h2-3,5-6,8,10-11,14,24,26-27H,4H2,1H3,(H2,16,19,20)/t8-,10?,11?,14-/m1/s1. The number of nitrogens with two attached hydrogens (primary N) is 1. The molecule has 0 aromatic carbocycles. The smallest absolute Gasteiger partial charge is 0.254 e. The highest BCUT2D eigenvalue weighted by Gasteiger charge is 2.44. The number of carbonyl (C=O) groups excluding carboxylic acids is 1. The second kappa shape index (κ2) is 6.79. The van der Waals surface area contributed by atoms with Crippen molar-refractivity contribution in [1.29, 1.82) is 0 Å². The monoisotopic (exact) mass is 390 g/mol. The first-order valence-corrected chi connectivity index (χ1v) is 8.30. The summed E-state index contributed by atoms with van der Waals surface area (Å²) < 4.78 is 8.27. The van der Waals surface area contributed by atoms with Crippen LogP contribution in [0.3, 0.4) is 0 Å². The number of nitrogens with zero attached hydrogens (tertiary/aromatic N) is 7. The Morgan fingerprint density at radius 2 is 2.14 bits per heavy atom. The Morgan fingerprint density at radius 3 is 2.82 bits per heavy atom. The molecule has 1 aliphatic heterocycles. The van der Waals surface area contributed by atoms with E-state index in [1.54, 1.807) is 13.2 Å². The Hall–Kier alpha value is -3.13. The number of ether oxygens (including phenoxy) is 1. The van der Waals surface area contributed by atoms with Crippen LogP contribution in [0.1, 0.15) is 6.23 Å². The van der Waals surface area contributed by atoms with E-state index in [0.717, 1.165) is 0 Å². The fraction of sp³-hybridized carbons (Fsp3) is 0.400. The van der Waals surface area contributed by atoms with Gasteiger partial charge in [-0.2, -0.15) is 15.1 Å². The summed E-state index contributed by atoms with van der Waals surface area (Å²) in [6.07, 6.45) is 0.470. The quantitative estimate of drug-likeness (QED) is 0.349. The van der Waals surface area contributed by atoms with Crippen LogP contribution in [-0.4, -0.2) is 83.0 Å². The zero-order valence-electron chi connectivity index (χ0n) is 14.7. The number of anilines is 2. The first-order chi connectivity index (χ1) is 13.4. The van der Waals surface area contributed by atoms with Gasteiger partial charge in [0.05, 0.1) is 31.0 Å². The van der Waals surface area contributed by atoms with Gasteiger partial charge in [-0.05, 0) is 0 Å². The summed E-state index contributed by atoms with van der Waals surface area (Å²) in [5, 5.41) is 33.7. The SMILES string of the molecule is CN(C=O)c1cnn(-c2nc(N)c3ncn([C@@H]4O[C@H](CO)C(O)C4O)c3n2)c1. The van der Waals surface area contributed by atoms with Gasteiger partial charge in [0.25, 0.3) is 5.95 Å². The number of hydrogen-bond donors (Lipinski definition) is 4. The van der Waals surface area contributed by atoms with Gasteiger partial charge in [-0.15, -0.1) is 0 Å². The topological polar surface area (TPSA) is 178 Å². The van der Waals surface area contributed by atoms with Crippen molar-refractivity contribution in [2.45, 2.75) is 24.5 Å². The van der Waals surface area contributed by atoms with Crippen LogP contribution in [0.5, 0.6) is 0 Å². The minimum Gasteiger partial charge on any atom is -0.394 e. The second-order valence-electron chi connectivity index (χ2n) is 6.32. The second-order valence-corrected chi connectivity index (χ2v) is 6.32. The molecule has 13 nitrogen and oxygen atoms in total. The van der Waals surface area contributed by atoms with Crippen LogP contribution in [0.25, 0.3) is 17.1 Å². The Labute approximate surface area is 157 Å². The summed E-state index contributed by atoms with van der Waals surface area (Å²) in [6.45, 7) is -0.454. The molecule has 0 saturated carbocycles. The summed E-state index contributed by atoms with van der Waals surface area (Å²) >= 11 is 0. The van der Waals surface area contributed by atoms with Crippen LogP contribution in [0.2, 0.25) is 0 Å². The van der Waals surface area contributed by atoms with Crippen molar-refractivity contribution in [1.82, 2.24) is 29.3 Å². The maximum absolute atomic E-state index is 10.9. The van der Waals surface area contributed by atoms with Crippen molar-refractivity contribution < 1.29 is 24.9 Å². The van der Waals surface area contributed by atoms with Gasteiger partial charge in [0, 0.05) is 7.05 Å². The molecule has 1 fully saturated rings. The molecule has 0 aliphatic carbocycles. The van der Waals surface area contributed by atoms with Crippen molar-refractivity contribution >= 4 is 29.1 Å². The molecule has 3 aromatic rings. The number of nitrogen functional groups attached to an aromatic ring is 1. The predicted octanol–water partition coefficient (Wildman–Crippen LogP) is -2.20. The zero-order valence-corrected chi connectivity index (χ0v) is 14.7. The lowest BCUT2D eigenvalue weighted by Crippen LogP contribution is -2.33. The first kappa shape index (κ1) is 18.2. The summed E-state index contributed by atoms with van der Waals surface area (Å²) in [6, 6.07) is 0. The van der Waals surface area contributed by atoms with Gasteiger partial charge < -0.3 is 30.7 Å². The molecule has 148 valence electrons. The van der Waals surface area contributed by atoms with E-state index < -0.39 is 31.1 Å². The third kappa shape index (κ3) is 2.77. The highest BCUT2D eigenvalue weighted by Crippen LogP contribution is 2.32. The zero-order chi connectivity index (χ0) is 20.0. The van der Waals surface area contributed by atoms with E-state index >= 15 is 0 Å². The Balaban J connectivity index is 1.77. The lowest BCUT2D eigenvalue weighted by atomic mass is 10.1. The van der Waals surface area contributed by atoms with E-state index in [-0.39, 0.29) is 22.9 Å². The molecule has 0 radical (unpaired) electrons. The van der Waals surface area contributed by atoms with Crippen LogP contribution in [0.4, 0.5) is 11.5 Å². The number of carbonyl (C=O) groups is 1. The maximum Gasteiger partial charge on any atom is 0.254 e. The predicted molar refractivity (Wildman–Crippen MR) is 94.3 cm³/mol. The number of aromatic nitrogens is 6. The molecular weight excluding hydrogens is 372 g/mol. The molecular formula is C15H18N8O5. The van der Waals surface area contributed by atoms with Crippen LogP contribution >= 0.6 is 0 Å². The van der Waals surface area contributed by atoms with Gasteiger partial charge in [0.15, 0.2) is 17.7 Å². The average Bonchev–Trinajstić information content (AvgIpc) is 3.40. The first-order valence-electron chi connectivity index (χ1n) is 8.30. The van der Waals surface area contributed by atoms with Gasteiger partial charge in [0.2, 0.25) is 6.41 Å². The van der Waals surface area contributed by atoms with Gasteiger partial charge in [-0.1, -0.05) is 0 Å². The molecule has 4 atom stereocenters. The summed E-state index contributed by atoms with van der Waals surface area (Å²) in [5.74, 6) is 0.190. The van der Waals surface area contributed by atoms with Crippen molar-refractivity contribution in [3.05, 3.63) is 18.7 Å². The molecule has 5 N–H and O–H groups in total. The van der Waals surface area contributed by atoms with Crippen molar-refractivity contribution in [3.8, 4) is 5.95 Å². The number of imidazole rings is 1. The fourth-order valence-electron chi connectivity index (χ4n) is 2.99. The molecule has 0 spiro atoms. The van der Waals surface area contributed by atoms with Crippen LogP contribution in [-0.2, 0) is 9.53 Å². The number of amides is 1. The number of hydrogen-bond acceptors (Lipinski definition) is 10. The summed E-state index contributed by atoms with van der Waals surface area (Å²) in [7, 11) is 1.57.